The summed E-state index contributed by atoms with van der Waals surface area (Å²) >= 11 is 0. The van der Waals surface area contributed by atoms with E-state index in [2.05, 4.69) is 20.6 Å². The zero-order valence-electron chi connectivity index (χ0n) is 18.0. The summed E-state index contributed by atoms with van der Waals surface area (Å²) in [7, 11) is 0. The maximum absolute atomic E-state index is 10.8. The SMILES string of the molecule is O=C(O)N[C@H]1CC[C@H](Nc2nccc(N3CCOc4cnc(-c5ccccc5)nc43)n2)CC1. The summed E-state index contributed by atoms with van der Waals surface area (Å²) < 4.78 is 5.78. The maximum Gasteiger partial charge on any atom is 0.404 e. The zero-order valence-corrected chi connectivity index (χ0v) is 18.0. The van der Waals surface area contributed by atoms with Crippen LogP contribution in [-0.2, 0) is 0 Å². The molecule has 1 fully saturated rings. The van der Waals surface area contributed by atoms with Crippen LogP contribution < -0.4 is 20.3 Å². The summed E-state index contributed by atoms with van der Waals surface area (Å²) in [5, 5.41) is 14.9. The van der Waals surface area contributed by atoms with Crippen molar-refractivity contribution in [1.29, 1.82) is 0 Å². The minimum absolute atomic E-state index is 0.0103. The van der Waals surface area contributed by atoms with Crippen molar-refractivity contribution in [2.24, 2.45) is 0 Å². The number of benzene rings is 1. The standard InChI is InChI=1S/C23H25N7O3/c31-23(32)27-17-8-6-16(7-9-17)26-22-24-11-10-19(28-22)30-12-13-33-18-14-25-20(29-21(18)30)15-4-2-1-3-5-15/h1-5,10-11,14,16-17,27H,6-9,12-13H2,(H,31,32)(H,24,26,28)/t16-,17-. The fraction of sp³-hybridized carbons (Fsp3) is 0.348. The Hall–Kier alpha value is -3.95. The monoisotopic (exact) mass is 447 g/mol. The van der Waals surface area contributed by atoms with Crippen LogP contribution >= 0.6 is 0 Å². The summed E-state index contributed by atoms with van der Waals surface area (Å²) in [4.78, 5) is 31.2. The Bertz CT molecular complexity index is 1120. The lowest BCUT2D eigenvalue weighted by molar-refractivity contribution is 0.185. The van der Waals surface area contributed by atoms with Crippen LogP contribution in [0.4, 0.5) is 22.4 Å². The van der Waals surface area contributed by atoms with E-state index in [9.17, 15) is 4.79 Å². The van der Waals surface area contributed by atoms with Gasteiger partial charge in [0.05, 0.1) is 12.7 Å². The summed E-state index contributed by atoms with van der Waals surface area (Å²) in [6, 6.07) is 11.9. The second kappa shape index (κ2) is 9.27. The molecule has 3 N–H and O–H groups in total. The minimum Gasteiger partial charge on any atom is -0.486 e. The molecule has 0 unspecified atom stereocenters. The number of fused-ring (bicyclic) bond motifs is 1. The third kappa shape index (κ3) is 4.79. The van der Waals surface area contributed by atoms with Crippen LogP contribution in [0.15, 0.2) is 48.8 Å². The molecule has 0 bridgehead atoms. The fourth-order valence-electron chi connectivity index (χ4n) is 4.27. The number of rotatable bonds is 5. The summed E-state index contributed by atoms with van der Waals surface area (Å²) in [6.45, 7) is 1.12. The van der Waals surface area contributed by atoms with Gasteiger partial charge in [0.15, 0.2) is 17.4 Å². The molecule has 0 radical (unpaired) electrons. The third-order valence-electron chi connectivity index (χ3n) is 5.90. The molecule has 1 aliphatic heterocycles. The van der Waals surface area contributed by atoms with Gasteiger partial charge in [0.1, 0.15) is 12.4 Å². The van der Waals surface area contributed by atoms with Crippen LogP contribution in [0.5, 0.6) is 5.75 Å². The topological polar surface area (TPSA) is 125 Å². The molecular weight excluding hydrogens is 422 g/mol. The van der Waals surface area contributed by atoms with Crippen LogP contribution in [0, 0.1) is 0 Å². The number of hydrogen-bond donors (Lipinski definition) is 3. The Morgan fingerprint density at radius 1 is 1.03 bits per heavy atom. The van der Waals surface area contributed by atoms with E-state index in [0.29, 0.717) is 36.5 Å². The first kappa shape index (κ1) is 20.9. The second-order valence-electron chi connectivity index (χ2n) is 8.13. The van der Waals surface area contributed by atoms with Crippen LogP contribution in [0.1, 0.15) is 25.7 Å². The lowest BCUT2D eigenvalue weighted by atomic mass is 9.91. The van der Waals surface area contributed by atoms with Crippen molar-refractivity contribution in [3.8, 4) is 17.1 Å². The fourth-order valence-corrected chi connectivity index (χ4v) is 4.27. The van der Waals surface area contributed by atoms with Gasteiger partial charge in [0.2, 0.25) is 5.95 Å². The molecule has 170 valence electrons. The Kier molecular flexibility index (Phi) is 5.88. The average Bonchev–Trinajstić information content (AvgIpc) is 2.85. The molecule has 0 atom stereocenters. The summed E-state index contributed by atoms with van der Waals surface area (Å²) in [6.07, 6.45) is 5.77. The largest absolute Gasteiger partial charge is 0.486 e. The van der Waals surface area contributed by atoms with Crippen molar-refractivity contribution in [2.45, 2.75) is 37.8 Å². The number of nitrogens with one attached hydrogen (secondary N) is 2. The highest BCUT2D eigenvalue weighted by molar-refractivity contribution is 5.67. The first-order chi connectivity index (χ1) is 16.2. The van der Waals surface area contributed by atoms with Gasteiger partial charge in [-0.1, -0.05) is 30.3 Å². The Balaban J connectivity index is 1.33. The first-order valence-electron chi connectivity index (χ1n) is 11.1. The van der Waals surface area contributed by atoms with Crippen molar-refractivity contribution in [1.82, 2.24) is 25.3 Å². The highest BCUT2D eigenvalue weighted by Gasteiger charge is 2.25. The summed E-state index contributed by atoms with van der Waals surface area (Å²) in [5.41, 5.74) is 0.934. The first-order valence-corrected chi connectivity index (χ1v) is 11.1. The molecule has 0 saturated heterocycles. The van der Waals surface area contributed by atoms with Crippen LogP contribution in [0.3, 0.4) is 0 Å². The highest BCUT2D eigenvalue weighted by atomic mass is 16.5. The van der Waals surface area contributed by atoms with E-state index in [1.165, 1.54) is 0 Å². The van der Waals surface area contributed by atoms with E-state index >= 15 is 0 Å². The number of ether oxygens (including phenoxy) is 1. The predicted molar refractivity (Wildman–Crippen MR) is 123 cm³/mol. The molecule has 3 aromatic rings. The van der Waals surface area contributed by atoms with Gasteiger partial charge >= 0.3 is 6.09 Å². The number of anilines is 3. The second-order valence-corrected chi connectivity index (χ2v) is 8.13. The van der Waals surface area contributed by atoms with Crippen molar-refractivity contribution in [3.05, 3.63) is 48.8 Å². The Labute approximate surface area is 191 Å². The lowest BCUT2D eigenvalue weighted by Crippen LogP contribution is -2.39. The molecule has 10 nitrogen and oxygen atoms in total. The smallest absolute Gasteiger partial charge is 0.404 e. The molecule has 0 spiro atoms. The van der Waals surface area contributed by atoms with E-state index in [0.717, 1.165) is 37.1 Å². The van der Waals surface area contributed by atoms with Crippen molar-refractivity contribution < 1.29 is 14.6 Å². The van der Waals surface area contributed by atoms with Gasteiger partial charge in [0.25, 0.3) is 0 Å². The number of nitrogens with zero attached hydrogens (tertiary/aromatic N) is 5. The summed E-state index contributed by atoms with van der Waals surface area (Å²) in [5.74, 6) is 3.21. The van der Waals surface area contributed by atoms with Crippen molar-refractivity contribution in [3.63, 3.8) is 0 Å². The molecule has 1 aliphatic carbocycles. The van der Waals surface area contributed by atoms with Gasteiger partial charge in [0, 0.05) is 23.8 Å². The van der Waals surface area contributed by atoms with Gasteiger partial charge in [-0.25, -0.2) is 19.7 Å². The van der Waals surface area contributed by atoms with Gasteiger partial charge in [-0.05, 0) is 31.7 Å². The molecule has 3 heterocycles. The molecule has 1 amide bonds. The van der Waals surface area contributed by atoms with Gasteiger partial charge in [-0.2, -0.15) is 4.98 Å². The Morgan fingerprint density at radius 3 is 2.61 bits per heavy atom. The van der Waals surface area contributed by atoms with Crippen molar-refractivity contribution in [2.75, 3.05) is 23.4 Å². The normalized spacial score (nSPS) is 19.8. The van der Waals surface area contributed by atoms with E-state index in [1.54, 1.807) is 12.4 Å². The number of carboxylic acid groups (broad SMARTS) is 1. The number of carbonyl (C=O) groups is 1. The van der Waals surface area contributed by atoms with Gasteiger partial charge in [-0.15, -0.1) is 0 Å². The van der Waals surface area contributed by atoms with E-state index in [-0.39, 0.29) is 12.1 Å². The quantitative estimate of drug-likeness (QED) is 0.539. The minimum atomic E-state index is -0.965. The van der Waals surface area contributed by atoms with Gasteiger partial charge < -0.3 is 25.4 Å². The average molecular weight is 447 g/mol. The van der Waals surface area contributed by atoms with E-state index in [1.807, 2.05) is 41.3 Å². The van der Waals surface area contributed by atoms with Crippen LogP contribution in [0.2, 0.25) is 0 Å². The van der Waals surface area contributed by atoms with Crippen LogP contribution in [0.25, 0.3) is 11.4 Å². The highest BCUT2D eigenvalue weighted by Crippen LogP contribution is 2.35. The Morgan fingerprint density at radius 2 is 1.82 bits per heavy atom. The molecular formula is C23H25N7O3. The van der Waals surface area contributed by atoms with E-state index in [4.69, 9.17) is 19.8 Å². The van der Waals surface area contributed by atoms with Crippen molar-refractivity contribution >= 4 is 23.7 Å². The number of amides is 1. The molecule has 2 aromatic heterocycles. The van der Waals surface area contributed by atoms with Crippen LogP contribution in [-0.4, -0.2) is 56.4 Å². The number of hydrogen-bond acceptors (Lipinski definition) is 8. The predicted octanol–water partition coefficient (Wildman–Crippen LogP) is 3.45. The molecule has 5 rings (SSSR count). The molecule has 2 aliphatic rings. The molecule has 1 aromatic carbocycles. The lowest BCUT2D eigenvalue weighted by Gasteiger charge is -2.30. The number of aromatic nitrogens is 4. The third-order valence-corrected chi connectivity index (χ3v) is 5.90. The van der Waals surface area contributed by atoms with Gasteiger partial charge in [-0.3, -0.25) is 0 Å². The zero-order chi connectivity index (χ0) is 22.6. The molecule has 33 heavy (non-hydrogen) atoms. The maximum atomic E-state index is 10.8. The molecule has 1 saturated carbocycles. The molecule has 10 heteroatoms. The van der Waals surface area contributed by atoms with E-state index < -0.39 is 6.09 Å².